The van der Waals surface area contributed by atoms with Crippen molar-refractivity contribution in [2.75, 3.05) is 40.4 Å². The van der Waals surface area contributed by atoms with E-state index in [-0.39, 0.29) is 25.0 Å². The third-order valence-electron chi connectivity index (χ3n) is 3.00. The normalized spacial score (nSPS) is 10.3. The van der Waals surface area contributed by atoms with Gasteiger partial charge in [-0.05, 0) is 12.8 Å². The molecule has 5 heteroatoms. The Morgan fingerprint density at radius 1 is 0.842 bits per heavy atom. The highest BCUT2D eigenvalue weighted by Crippen LogP contribution is 1.95. The van der Waals surface area contributed by atoms with Gasteiger partial charge in [-0.1, -0.05) is 26.7 Å². The van der Waals surface area contributed by atoms with Crippen LogP contribution in [0, 0.1) is 0 Å². The molecule has 0 aromatic carbocycles. The quantitative estimate of drug-likeness (QED) is 0.606. The van der Waals surface area contributed by atoms with Gasteiger partial charge in [0.15, 0.2) is 0 Å². The minimum Gasteiger partial charge on any atom is -0.362 e. The number of nitrogens with zero attached hydrogens (tertiary/aromatic N) is 2. The summed E-state index contributed by atoms with van der Waals surface area (Å²) in [7, 11) is 3.52. The van der Waals surface area contributed by atoms with Gasteiger partial charge in [-0.2, -0.15) is 0 Å². The minimum absolute atomic E-state index is 0.0203. The topological polar surface area (TPSA) is 49.9 Å². The SMILES string of the molecule is CCCCN(C)C(=O)COCC(=O)N(C)CCCC. The van der Waals surface area contributed by atoms with Crippen molar-refractivity contribution < 1.29 is 14.3 Å². The molecule has 2 amide bonds. The van der Waals surface area contributed by atoms with Crippen LogP contribution in [0.4, 0.5) is 0 Å². The highest BCUT2D eigenvalue weighted by molar-refractivity contribution is 5.79. The number of rotatable bonds is 10. The van der Waals surface area contributed by atoms with Crippen LogP contribution in [-0.2, 0) is 14.3 Å². The van der Waals surface area contributed by atoms with E-state index in [4.69, 9.17) is 4.74 Å². The minimum atomic E-state index is -0.0718. The Morgan fingerprint density at radius 3 is 1.53 bits per heavy atom. The molecule has 0 saturated heterocycles. The van der Waals surface area contributed by atoms with E-state index in [9.17, 15) is 9.59 Å². The molecule has 19 heavy (non-hydrogen) atoms. The van der Waals surface area contributed by atoms with Crippen LogP contribution in [0.5, 0.6) is 0 Å². The maximum Gasteiger partial charge on any atom is 0.248 e. The number of carbonyl (C=O) groups is 2. The Balaban J connectivity index is 3.77. The zero-order valence-corrected chi connectivity index (χ0v) is 12.8. The molecule has 0 unspecified atom stereocenters. The zero-order chi connectivity index (χ0) is 14.7. The average Bonchev–Trinajstić information content (AvgIpc) is 2.41. The lowest BCUT2D eigenvalue weighted by atomic mass is 10.3. The molecule has 0 radical (unpaired) electrons. The Labute approximate surface area is 116 Å². The van der Waals surface area contributed by atoms with E-state index in [1.165, 1.54) is 0 Å². The Hall–Kier alpha value is -1.10. The lowest BCUT2D eigenvalue weighted by Crippen LogP contribution is -2.35. The van der Waals surface area contributed by atoms with Gasteiger partial charge in [-0.3, -0.25) is 9.59 Å². The second kappa shape index (κ2) is 10.8. The maximum atomic E-state index is 11.6. The van der Waals surface area contributed by atoms with Crippen LogP contribution in [-0.4, -0.2) is 62.0 Å². The van der Waals surface area contributed by atoms with Crippen molar-refractivity contribution in [1.82, 2.24) is 9.80 Å². The molecular weight excluding hydrogens is 244 g/mol. The van der Waals surface area contributed by atoms with Gasteiger partial charge in [-0.15, -0.1) is 0 Å². The fourth-order valence-electron chi connectivity index (χ4n) is 1.49. The molecule has 0 fully saturated rings. The van der Waals surface area contributed by atoms with Crippen LogP contribution in [0.3, 0.4) is 0 Å². The number of unbranched alkanes of at least 4 members (excludes halogenated alkanes) is 2. The summed E-state index contributed by atoms with van der Waals surface area (Å²) in [6.07, 6.45) is 4.08. The predicted molar refractivity (Wildman–Crippen MR) is 75.9 cm³/mol. The molecule has 0 atom stereocenters. The molecule has 0 aliphatic rings. The smallest absolute Gasteiger partial charge is 0.248 e. The molecule has 0 aromatic rings. The van der Waals surface area contributed by atoms with E-state index in [0.717, 1.165) is 38.8 Å². The first-order valence-corrected chi connectivity index (χ1v) is 7.08. The highest BCUT2D eigenvalue weighted by Gasteiger charge is 2.11. The van der Waals surface area contributed by atoms with Gasteiger partial charge in [0.2, 0.25) is 11.8 Å². The summed E-state index contributed by atoms with van der Waals surface area (Å²) in [6, 6.07) is 0. The number of hydrogen-bond donors (Lipinski definition) is 0. The van der Waals surface area contributed by atoms with Crippen LogP contribution in [0.2, 0.25) is 0 Å². The second-order valence-corrected chi connectivity index (χ2v) is 4.83. The summed E-state index contributed by atoms with van der Waals surface area (Å²) < 4.78 is 5.18. The van der Waals surface area contributed by atoms with Crippen molar-refractivity contribution in [2.24, 2.45) is 0 Å². The van der Waals surface area contributed by atoms with Gasteiger partial charge >= 0.3 is 0 Å². The first-order valence-electron chi connectivity index (χ1n) is 7.08. The van der Waals surface area contributed by atoms with Crippen molar-refractivity contribution in [3.63, 3.8) is 0 Å². The van der Waals surface area contributed by atoms with Crippen molar-refractivity contribution in [2.45, 2.75) is 39.5 Å². The number of hydrogen-bond acceptors (Lipinski definition) is 3. The third-order valence-corrected chi connectivity index (χ3v) is 3.00. The molecule has 0 bridgehead atoms. The van der Waals surface area contributed by atoms with Crippen LogP contribution in [0.1, 0.15) is 39.5 Å². The Kier molecular flexibility index (Phi) is 10.2. The summed E-state index contributed by atoms with van der Waals surface area (Å²) in [5.41, 5.74) is 0. The molecule has 5 nitrogen and oxygen atoms in total. The number of amides is 2. The van der Waals surface area contributed by atoms with E-state index < -0.39 is 0 Å². The summed E-state index contributed by atoms with van der Waals surface area (Å²) in [6.45, 7) is 5.60. The maximum absolute atomic E-state index is 11.6. The largest absolute Gasteiger partial charge is 0.362 e. The standard InChI is InChI=1S/C14H28N2O3/c1-5-7-9-15(3)13(17)11-19-12-14(18)16(4)10-8-6-2/h5-12H2,1-4H3. The Bertz CT molecular complexity index is 243. The van der Waals surface area contributed by atoms with Crippen molar-refractivity contribution in [3.8, 4) is 0 Å². The first-order chi connectivity index (χ1) is 9.02. The van der Waals surface area contributed by atoms with Crippen LogP contribution in [0.15, 0.2) is 0 Å². The molecule has 0 N–H and O–H groups in total. The van der Waals surface area contributed by atoms with Gasteiger partial charge in [0.1, 0.15) is 13.2 Å². The molecule has 0 saturated carbocycles. The van der Waals surface area contributed by atoms with E-state index in [0.29, 0.717) is 0 Å². The van der Waals surface area contributed by atoms with Gasteiger partial charge in [-0.25, -0.2) is 0 Å². The predicted octanol–water partition coefficient (Wildman–Crippen LogP) is 1.52. The molecular formula is C14H28N2O3. The second-order valence-electron chi connectivity index (χ2n) is 4.83. The summed E-state index contributed by atoms with van der Waals surface area (Å²) >= 11 is 0. The van der Waals surface area contributed by atoms with Gasteiger partial charge in [0.25, 0.3) is 0 Å². The first kappa shape index (κ1) is 17.9. The van der Waals surface area contributed by atoms with E-state index >= 15 is 0 Å². The molecule has 0 spiro atoms. The molecule has 112 valence electrons. The lowest BCUT2D eigenvalue weighted by molar-refractivity contribution is -0.140. The Morgan fingerprint density at radius 2 is 1.21 bits per heavy atom. The van der Waals surface area contributed by atoms with E-state index in [1.807, 2.05) is 0 Å². The van der Waals surface area contributed by atoms with Crippen LogP contribution >= 0.6 is 0 Å². The number of likely N-dealkylation sites (N-methyl/N-ethyl adjacent to an activating group) is 2. The third kappa shape index (κ3) is 8.59. The number of carbonyl (C=O) groups excluding carboxylic acids is 2. The molecule has 0 aromatic heterocycles. The highest BCUT2D eigenvalue weighted by atomic mass is 16.5. The van der Waals surface area contributed by atoms with E-state index in [1.54, 1.807) is 23.9 Å². The fraction of sp³-hybridized carbons (Fsp3) is 0.857. The summed E-state index contributed by atoms with van der Waals surface area (Å²) in [4.78, 5) is 26.6. The summed E-state index contributed by atoms with van der Waals surface area (Å²) in [5, 5.41) is 0. The summed E-state index contributed by atoms with van der Waals surface area (Å²) in [5.74, 6) is -0.144. The monoisotopic (exact) mass is 272 g/mol. The molecule has 0 aliphatic carbocycles. The van der Waals surface area contributed by atoms with Crippen molar-refractivity contribution >= 4 is 11.8 Å². The fourth-order valence-corrected chi connectivity index (χ4v) is 1.49. The average molecular weight is 272 g/mol. The van der Waals surface area contributed by atoms with Crippen LogP contribution < -0.4 is 0 Å². The zero-order valence-electron chi connectivity index (χ0n) is 12.8. The molecule has 0 rings (SSSR count). The molecule has 0 heterocycles. The van der Waals surface area contributed by atoms with Crippen LogP contribution in [0.25, 0.3) is 0 Å². The van der Waals surface area contributed by atoms with Gasteiger partial charge in [0, 0.05) is 27.2 Å². The number of ether oxygens (including phenoxy) is 1. The van der Waals surface area contributed by atoms with Crippen molar-refractivity contribution in [1.29, 1.82) is 0 Å². The van der Waals surface area contributed by atoms with Gasteiger partial charge < -0.3 is 14.5 Å². The van der Waals surface area contributed by atoms with Crippen molar-refractivity contribution in [3.05, 3.63) is 0 Å². The lowest BCUT2D eigenvalue weighted by Gasteiger charge is -2.18. The molecule has 0 aliphatic heterocycles. The van der Waals surface area contributed by atoms with Gasteiger partial charge in [0.05, 0.1) is 0 Å². The van der Waals surface area contributed by atoms with E-state index in [2.05, 4.69) is 13.8 Å².